The normalized spacial score (nSPS) is 17.4. The van der Waals surface area contributed by atoms with Crippen LogP contribution in [0.4, 0.5) is 0 Å². The molecular weight excluding hydrogens is 270 g/mol. The first-order valence-electron chi connectivity index (χ1n) is 6.81. The molecule has 0 aromatic heterocycles. The highest BCUT2D eigenvalue weighted by Gasteiger charge is 2.16. The van der Waals surface area contributed by atoms with Gasteiger partial charge in [0.15, 0.2) is 0 Å². The number of carbonyl (C=O) groups excluding carboxylic acids is 1. The van der Waals surface area contributed by atoms with Crippen LogP contribution >= 0.6 is 11.8 Å². The Balaban J connectivity index is 2.01. The molecule has 1 aliphatic rings. The van der Waals surface area contributed by atoms with E-state index in [9.17, 15) is 4.79 Å². The fourth-order valence-corrected chi connectivity index (χ4v) is 3.35. The van der Waals surface area contributed by atoms with Gasteiger partial charge in [-0.25, -0.2) is 0 Å². The molecule has 20 heavy (non-hydrogen) atoms. The van der Waals surface area contributed by atoms with Gasteiger partial charge < -0.3 is 10.4 Å². The molecule has 3 nitrogen and oxygen atoms in total. The molecule has 1 saturated heterocycles. The number of aryl methyl sites for hydroxylation is 1. The first-order valence-corrected chi connectivity index (χ1v) is 7.86. The highest BCUT2D eigenvalue weighted by Crippen LogP contribution is 2.25. The van der Waals surface area contributed by atoms with Crippen LogP contribution in [0.15, 0.2) is 18.2 Å². The van der Waals surface area contributed by atoms with Gasteiger partial charge in [-0.15, -0.1) is 0 Å². The van der Waals surface area contributed by atoms with Gasteiger partial charge >= 0.3 is 0 Å². The van der Waals surface area contributed by atoms with Crippen LogP contribution in [0.25, 0.3) is 0 Å². The summed E-state index contributed by atoms with van der Waals surface area (Å²) in [6.45, 7) is 2.50. The summed E-state index contributed by atoms with van der Waals surface area (Å²) in [6.07, 6.45) is 2.43. The molecule has 1 fully saturated rings. The van der Waals surface area contributed by atoms with Crippen LogP contribution in [-0.2, 0) is 0 Å². The first-order chi connectivity index (χ1) is 9.70. The number of aliphatic hydroxyl groups excluding tert-OH is 1. The van der Waals surface area contributed by atoms with Crippen molar-refractivity contribution in [2.24, 2.45) is 0 Å². The zero-order valence-corrected chi connectivity index (χ0v) is 12.4. The highest BCUT2D eigenvalue weighted by atomic mass is 32.2. The van der Waals surface area contributed by atoms with Crippen molar-refractivity contribution in [3.8, 4) is 11.8 Å². The molecule has 1 aliphatic heterocycles. The van der Waals surface area contributed by atoms with Crippen LogP contribution < -0.4 is 5.32 Å². The Hall–Kier alpha value is -1.44. The number of aliphatic hydroxyl groups is 1. The maximum atomic E-state index is 12.1. The molecule has 1 amide bonds. The molecule has 1 atom stereocenters. The summed E-state index contributed by atoms with van der Waals surface area (Å²) in [7, 11) is 0. The zero-order chi connectivity index (χ0) is 14.4. The Morgan fingerprint density at radius 2 is 2.40 bits per heavy atom. The zero-order valence-electron chi connectivity index (χ0n) is 11.6. The molecule has 0 radical (unpaired) electrons. The minimum atomic E-state index is -0.172. The van der Waals surface area contributed by atoms with Gasteiger partial charge in [-0.1, -0.05) is 17.9 Å². The number of hydrogen-bond acceptors (Lipinski definition) is 3. The predicted octanol–water partition coefficient (Wildman–Crippen LogP) is 1.96. The smallest absolute Gasteiger partial charge is 0.251 e. The molecule has 0 bridgehead atoms. The number of rotatable bonds is 3. The van der Waals surface area contributed by atoms with E-state index in [2.05, 4.69) is 17.2 Å². The summed E-state index contributed by atoms with van der Waals surface area (Å²) < 4.78 is 0. The Labute approximate surface area is 124 Å². The Morgan fingerprint density at radius 1 is 1.55 bits per heavy atom. The lowest BCUT2D eigenvalue weighted by molar-refractivity contribution is 0.0953. The molecule has 0 saturated carbocycles. The average molecular weight is 289 g/mol. The molecule has 4 heteroatoms. The quantitative estimate of drug-likeness (QED) is 0.836. The Kier molecular flexibility index (Phi) is 5.51. The molecule has 1 aromatic carbocycles. The third-order valence-corrected chi connectivity index (χ3v) is 4.71. The maximum Gasteiger partial charge on any atom is 0.251 e. The van der Waals surface area contributed by atoms with Crippen LogP contribution in [-0.4, -0.2) is 35.2 Å². The van der Waals surface area contributed by atoms with Crippen LogP contribution in [0, 0.1) is 18.8 Å². The van der Waals surface area contributed by atoms with Gasteiger partial charge in [0.25, 0.3) is 5.91 Å². The van der Waals surface area contributed by atoms with E-state index in [0.29, 0.717) is 10.8 Å². The van der Waals surface area contributed by atoms with Crippen molar-refractivity contribution in [1.82, 2.24) is 5.32 Å². The minimum Gasteiger partial charge on any atom is -0.384 e. The predicted molar refractivity (Wildman–Crippen MR) is 83.0 cm³/mol. The van der Waals surface area contributed by atoms with E-state index in [1.807, 2.05) is 30.8 Å². The molecule has 2 N–H and O–H groups in total. The van der Waals surface area contributed by atoms with Crippen molar-refractivity contribution in [2.75, 3.05) is 18.9 Å². The van der Waals surface area contributed by atoms with Gasteiger partial charge in [-0.3, -0.25) is 4.79 Å². The van der Waals surface area contributed by atoms with Crippen molar-refractivity contribution in [2.45, 2.75) is 25.0 Å². The van der Waals surface area contributed by atoms with Crippen molar-refractivity contribution in [1.29, 1.82) is 0 Å². The summed E-state index contributed by atoms with van der Waals surface area (Å²) in [5, 5.41) is 12.3. The second kappa shape index (κ2) is 7.37. The molecule has 0 spiro atoms. The monoisotopic (exact) mass is 289 g/mol. The molecule has 106 valence electrons. The third-order valence-electron chi connectivity index (χ3n) is 3.32. The first kappa shape index (κ1) is 15.0. The molecule has 2 rings (SSSR count). The standard InChI is InChI=1S/C16H19NO2S/c1-12-6-7-14(10-13(12)4-2-8-18)16(19)17-11-15-5-3-9-20-15/h6-7,10,15,18H,3,5,8-9,11H2,1H3,(H,17,19). The summed E-state index contributed by atoms with van der Waals surface area (Å²) in [4.78, 5) is 12.1. The molecule has 1 aromatic rings. The summed E-state index contributed by atoms with van der Waals surface area (Å²) in [6, 6.07) is 5.49. The van der Waals surface area contributed by atoms with Crippen molar-refractivity contribution in [3.63, 3.8) is 0 Å². The maximum absolute atomic E-state index is 12.1. The lowest BCUT2D eigenvalue weighted by Crippen LogP contribution is -2.29. The summed E-state index contributed by atoms with van der Waals surface area (Å²) >= 11 is 1.93. The number of hydrogen-bond donors (Lipinski definition) is 2. The van der Waals surface area contributed by atoms with E-state index in [-0.39, 0.29) is 12.5 Å². The number of carbonyl (C=O) groups is 1. The molecule has 0 aliphatic carbocycles. The van der Waals surface area contributed by atoms with E-state index in [1.165, 1.54) is 18.6 Å². The Morgan fingerprint density at radius 3 is 3.10 bits per heavy atom. The molecule has 1 unspecified atom stereocenters. The number of nitrogens with one attached hydrogen (secondary N) is 1. The number of benzene rings is 1. The van der Waals surface area contributed by atoms with Gasteiger partial charge in [0.1, 0.15) is 6.61 Å². The Bertz CT molecular complexity index is 539. The third kappa shape index (κ3) is 4.03. The van der Waals surface area contributed by atoms with E-state index < -0.39 is 0 Å². The fourth-order valence-electron chi connectivity index (χ4n) is 2.15. The van der Waals surface area contributed by atoms with E-state index in [4.69, 9.17) is 5.11 Å². The molecular formula is C16H19NO2S. The highest BCUT2D eigenvalue weighted by molar-refractivity contribution is 8.00. The average Bonchev–Trinajstić information content (AvgIpc) is 2.97. The summed E-state index contributed by atoms with van der Waals surface area (Å²) in [5.41, 5.74) is 2.43. The van der Waals surface area contributed by atoms with Gasteiger partial charge in [-0.2, -0.15) is 11.8 Å². The van der Waals surface area contributed by atoms with Gasteiger partial charge in [0.2, 0.25) is 0 Å². The molecule has 1 heterocycles. The van der Waals surface area contributed by atoms with Crippen LogP contribution in [0.5, 0.6) is 0 Å². The van der Waals surface area contributed by atoms with Gasteiger partial charge in [0.05, 0.1) is 0 Å². The van der Waals surface area contributed by atoms with E-state index in [0.717, 1.165) is 17.7 Å². The van der Waals surface area contributed by atoms with Gasteiger partial charge in [0, 0.05) is 22.9 Å². The van der Waals surface area contributed by atoms with Crippen LogP contribution in [0.3, 0.4) is 0 Å². The second-order valence-corrected chi connectivity index (χ2v) is 6.24. The van der Waals surface area contributed by atoms with Crippen molar-refractivity contribution >= 4 is 17.7 Å². The fraction of sp³-hybridized carbons (Fsp3) is 0.438. The number of amides is 1. The van der Waals surface area contributed by atoms with Crippen molar-refractivity contribution < 1.29 is 9.90 Å². The van der Waals surface area contributed by atoms with Crippen LogP contribution in [0.1, 0.15) is 34.3 Å². The lowest BCUT2D eigenvalue weighted by atomic mass is 10.0. The van der Waals surface area contributed by atoms with Crippen LogP contribution in [0.2, 0.25) is 0 Å². The topological polar surface area (TPSA) is 49.3 Å². The van der Waals surface area contributed by atoms with E-state index >= 15 is 0 Å². The van der Waals surface area contributed by atoms with Crippen molar-refractivity contribution in [3.05, 3.63) is 34.9 Å². The largest absolute Gasteiger partial charge is 0.384 e. The van der Waals surface area contributed by atoms with Gasteiger partial charge in [-0.05, 0) is 43.2 Å². The summed E-state index contributed by atoms with van der Waals surface area (Å²) in [5.74, 6) is 6.64. The second-order valence-electron chi connectivity index (χ2n) is 4.83. The number of thioether (sulfide) groups is 1. The minimum absolute atomic E-state index is 0.0513. The lowest BCUT2D eigenvalue weighted by Gasteiger charge is -2.10. The SMILES string of the molecule is Cc1ccc(C(=O)NCC2CCCS2)cc1C#CCO. The van der Waals surface area contributed by atoms with E-state index in [1.54, 1.807) is 6.07 Å².